The molecule has 0 fully saturated rings. The first-order valence-corrected chi connectivity index (χ1v) is 5.99. The van der Waals surface area contributed by atoms with Crippen LogP contribution in [0.2, 0.25) is 0 Å². The van der Waals surface area contributed by atoms with E-state index in [4.69, 9.17) is 16.2 Å². The Kier molecular flexibility index (Phi) is 7.50. The molecule has 0 bridgehead atoms. The quantitative estimate of drug-likeness (QED) is 0.235. The van der Waals surface area contributed by atoms with Gasteiger partial charge in [-0.25, -0.2) is 4.79 Å². The van der Waals surface area contributed by atoms with Gasteiger partial charge in [-0.1, -0.05) is 13.8 Å². The number of hydrogen-bond donors (Lipinski definition) is 5. The number of amides is 1. The molecule has 1 amide bonds. The second kappa shape index (κ2) is 8.32. The Balaban J connectivity index is 4.11. The Morgan fingerprint density at radius 1 is 1.44 bits per heavy atom. The summed E-state index contributed by atoms with van der Waals surface area (Å²) in [4.78, 5) is 22.6. The smallest absolute Gasteiger partial charge is 0.326 e. The fourth-order valence-electron chi connectivity index (χ4n) is 1.29. The number of aliphatic carboxylic acids is 1. The highest BCUT2D eigenvalue weighted by Gasteiger charge is 2.21. The molecule has 0 aliphatic carbocycles. The number of guanidine groups is 1. The van der Waals surface area contributed by atoms with Crippen LogP contribution in [0.4, 0.5) is 0 Å². The summed E-state index contributed by atoms with van der Waals surface area (Å²) in [5, 5.41) is 21.0. The van der Waals surface area contributed by atoms with Crippen molar-refractivity contribution in [2.45, 2.75) is 39.2 Å². The number of rotatable bonds is 8. The summed E-state index contributed by atoms with van der Waals surface area (Å²) in [5.74, 6) is -1.63. The monoisotopic (exact) mass is 258 g/mol. The minimum absolute atomic E-state index is 0.148. The van der Waals surface area contributed by atoms with Gasteiger partial charge < -0.3 is 21.5 Å². The van der Waals surface area contributed by atoms with Crippen molar-refractivity contribution in [1.29, 1.82) is 5.41 Å². The van der Waals surface area contributed by atoms with Gasteiger partial charge in [0.1, 0.15) is 6.04 Å². The molecule has 0 aliphatic rings. The van der Waals surface area contributed by atoms with Crippen LogP contribution in [-0.2, 0) is 9.59 Å². The number of carbonyl (C=O) groups is 2. The van der Waals surface area contributed by atoms with E-state index in [0.717, 1.165) is 0 Å². The molecule has 104 valence electrons. The molecule has 0 rings (SSSR count). The second-order valence-electron chi connectivity index (χ2n) is 4.19. The highest BCUT2D eigenvalue weighted by Crippen LogP contribution is 2.03. The molecule has 2 atom stereocenters. The summed E-state index contributed by atoms with van der Waals surface area (Å²) in [7, 11) is 0. The van der Waals surface area contributed by atoms with Gasteiger partial charge in [-0.3, -0.25) is 10.2 Å². The normalized spacial score (nSPS) is 13.4. The average molecular weight is 258 g/mol. The molecule has 2 unspecified atom stereocenters. The lowest BCUT2D eigenvalue weighted by Gasteiger charge is -2.17. The molecule has 0 aliphatic heterocycles. The summed E-state index contributed by atoms with van der Waals surface area (Å²) in [5.41, 5.74) is 5.09. The molecule has 0 aromatic heterocycles. The third-order valence-corrected chi connectivity index (χ3v) is 2.66. The predicted molar refractivity (Wildman–Crippen MR) is 68.2 cm³/mol. The zero-order chi connectivity index (χ0) is 14.1. The molecule has 18 heavy (non-hydrogen) atoms. The van der Waals surface area contributed by atoms with Gasteiger partial charge in [0.25, 0.3) is 0 Å². The number of nitrogens with two attached hydrogens (primary N) is 1. The summed E-state index contributed by atoms with van der Waals surface area (Å²) in [6.45, 7) is 4.04. The van der Waals surface area contributed by atoms with Crippen molar-refractivity contribution in [2.75, 3.05) is 6.54 Å². The minimum atomic E-state index is -1.05. The van der Waals surface area contributed by atoms with E-state index in [1.807, 2.05) is 6.92 Å². The van der Waals surface area contributed by atoms with Crippen LogP contribution in [0, 0.1) is 11.3 Å². The van der Waals surface area contributed by atoms with Crippen molar-refractivity contribution < 1.29 is 14.7 Å². The van der Waals surface area contributed by atoms with Gasteiger partial charge in [-0.15, -0.1) is 0 Å². The van der Waals surface area contributed by atoms with Crippen molar-refractivity contribution in [2.24, 2.45) is 11.7 Å². The van der Waals surface area contributed by atoms with Crippen LogP contribution in [0.25, 0.3) is 0 Å². The first-order valence-electron chi connectivity index (χ1n) is 5.99. The van der Waals surface area contributed by atoms with E-state index in [0.29, 0.717) is 25.8 Å². The standard InChI is InChI=1S/C11H22N4O3/c1-3-7(2)9(16)15-8(10(17)18)5-4-6-14-11(12)13/h7-8H,3-6H2,1-2H3,(H,15,16)(H,17,18)(H4,12,13,14). The first kappa shape index (κ1) is 16.2. The zero-order valence-corrected chi connectivity index (χ0v) is 10.8. The first-order chi connectivity index (χ1) is 8.38. The molecular weight excluding hydrogens is 236 g/mol. The van der Waals surface area contributed by atoms with Crippen LogP contribution in [0.3, 0.4) is 0 Å². The summed E-state index contributed by atoms with van der Waals surface area (Å²) in [6, 6.07) is -0.889. The Bertz CT molecular complexity index is 307. The van der Waals surface area contributed by atoms with Crippen molar-refractivity contribution in [3.63, 3.8) is 0 Å². The van der Waals surface area contributed by atoms with Crippen LogP contribution in [0.15, 0.2) is 0 Å². The molecule has 0 aromatic carbocycles. The van der Waals surface area contributed by atoms with Crippen molar-refractivity contribution in [1.82, 2.24) is 10.6 Å². The molecule has 0 heterocycles. The maximum atomic E-state index is 11.6. The van der Waals surface area contributed by atoms with Gasteiger partial charge in [0.15, 0.2) is 5.96 Å². The van der Waals surface area contributed by atoms with E-state index in [-0.39, 0.29) is 17.8 Å². The highest BCUT2D eigenvalue weighted by molar-refractivity contribution is 5.84. The van der Waals surface area contributed by atoms with E-state index in [1.54, 1.807) is 6.92 Å². The molecule has 0 spiro atoms. The largest absolute Gasteiger partial charge is 0.480 e. The molecule has 0 aromatic rings. The third kappa shape index (κ3) is 6.72. The molecule has 0 saturated heterocycles. The summed E-state index contributed by atoms with van der Waals surface area (Å²) < 4.78 is 0. The highest BCUT2D eigenvalue weighted by atomic mass is 16.4. The molecule has 7 nitrogen and oxygen atoms in total. The lowest BCUT2D eigenvalue weighted by Crippen LogP contribution is -2.43. The second-order valence-corrected chi connectivity index (χ2v) is 4.19. The number of nitrogens with one attached hydrogen (secondary N) is 3. The zero-order valence-electron chi connectivity index (χ0n) is 10.8. The third-order valence-electron chi connectivity index (χ3n) is 2.66. The van der Waals surface area contributed by atoms with Crippen LogP contribution in [0.1, 0.15) is 33.1 Å². The number of carbonyl (C=O) groups excluding carboxylic acids is 1. The van der Waals surface area contributed by atoms with Gasteiger partial charge in [-0.05, 0) is 19.3 Å². The fraction of sp³-hybridized carbons (Fsp3) is 0.727. The SMILES string of the molecule is CCC(C)C(=O)NC(CCCNC(=N)N)C(=O)O. The van der Waals surface area contributed by atoms with Crippen molar-refractivity contribution >= 4 is 17.8 Å². The van der Waals surface area contributed by atoms with E-state index >= 15 is 0 Å². The van der Waals surface area contributed by atoms with Gasteiger partial charge in [-0.2, -0.15) is 0 Å². The Hall–Kier alpha value is -1.79. The molecular formula is C11H22N4O3. The van der Waals surface area contributed by atoms with E-state index < -0.39 is 12.0 Å². The average Bonchev–Trinajstić information content (AvgIpc) is 2.30. The van der Waals surface area contributed by atoms with Gasteiger partial charge >= 0.3 is 5.97 Å². The Labute approximate surface area is 107 Å². The maximum absolute atomic E-state index is 11.6. The number of hydrogen-bond acceptors (Lipinski definition) is 3. The van der Waals surface area contributed by atoms with Crippen molar-refractivity contribution in [3.05, 3.63) is 0 Å². The van der Waals surface area contributed by atoms with Crippen LogP contribution < -0.4 is 16.4 Å². The van der Waals surface area contributed by atoms with Gasteiger partial charge in [0.05, 0.1) is 0 Å². The molecule has 0 saturated carbocycles. The molecule has 7 heteroatoms. The lowest BCUT2D eigenvalue weighted by atomic mass is 10.1. The van der Waals surface area contributed by atoms with Crippen LogP contribution in [-0.4, -0.2) is 35.5 Å². The number of carboxylic acid groups (broad SMARTS) is 1. The Morgan fingerprint density at radius 3 is 2.50 bits per heavy atom. The molecule has 0 radical (unpaired) electrons. The van der Waals surface area contributed by atoms with Crippen molar-refractivity contribution in [3.8, 4) is 0 Å². The minimum Gasteiger partial charge on any atom is -0.480 e. The summed E-state index contributed by atoms with van der Waals surface area (Å²) in [6.07, 6.45) is 1.49. The van der Waals surface area contributed by atoms with Crippen LogP contribution >= 0.6 is 0 Å². The number of carboxylic acids is 1. The topological polar surface area (TPSA) is 128 Å². The van der Waals surface area contributed by atoms with Gasteiger partial charge in [0, 0.05) is 12.5 Å². The van der Waals surface area contributed by atoms with E-state index in [2.05, 4.69) is 10.6 Å². The van der Waals surface area contributed by atoms with E-state index in [1.165, 1.54) is 0 Å². The van der Waals surface area contributed by atoms with E-state index in [9.17, 15) is 9.59 Å². The predicted octanol–water partition coefficient (Wildman–Crippen LogP) is -0.135. The van der Waals surface area contributed by atoms with Crippen LogP contribution in [0.5, 0.6) is 0 Å². The maximum Gasteiger partial charge on any atom is 0.326 e. The fourth-order valence-corrected chi connectivity index (χ4v) is 1.29. The lowest BCUT2D eigenvalue weighted by molar-refractivity contribution is -0.142. The Morgan fingerprint density at radius 2 is 2.06 bits per heavy atom. The summed E-state index contributed by atoms with van der Waals surface area (Å²) >= 11 is 0. The van der Waals surface area contributed by atoms with Gasteiger partial charge in [0.2, 0.25) is 5.91 Å². The molecule has 6 N–H and O–H groups in total.